The van der Waals surface area contributed by atoms with E-state index in [1.54, 1.807) is 0 Å². The Bertz CT molecular complexity index is 537. The molecule has 1 heterocycles. The number of nitrogens with zero attached hydrogens (tertiary/aromatic N) is 2. The summed E-state index contributed by atoms with van der Waals surface area (Å²) in [5.74, 6) is 0.753. The molecule has 1 N–H and O–H groups in total. The van der Waals surface area contributed by atoms with Crippen LogP contribution in [0.2, 0.25) is 5.02 Å². The molecule has 1 aromatic heterocycles. The third-order valence-electron chi connectivity index (χ3n) is 2.88. The minimum atomic E-state index is -0.0382. The fourth-order valence-electron chi connectivity index (χ4n) is 1.79. The van der Waals surface area contributed by atoms with Crippen LogP contribution in [0, 0.1) is 13.8 Å². The third kappa shape index (κ3) is 2.68. The van der Waals surface area contributed by atoms with E-state index < -0.39 is 0 Å². The van der Waals surface area contributed by atoms with Gasteiger partial charge in [0.2, 0.25) is 0 Å². The van der Waals surface area contributed by atoms with Crippen LogP contribution >= 0.6 is 11.6 Å². The molecule has 0 saturated carbocycles. The Hall–Kier alpha value is -1.45. The van der Waals surface area contributed by atoms with E-state index in [-0.39, 0.29) is 6.04 Å². The molecule has 94 valence electrons. The van der Waals surface area contributed by atoms with Gasteiger partial charge >= 0.3 is 0 Å². The average Bonchev–Trinajstić information content (AvgIpc) is 2.37. The molecule has 3 nitrogen and oxygen atoms in total. The van der Waals surface area contributed by atoms with E-state index in [4.69, 9.17) is 11.6 Å². The normalized spacial score (nSPS) is 12.4. The van der Waals surface area contributed by atoms with E-state index in [2.05, 4.69) is 15.3 Å². The number of hydrogen-bond donors (Lipinski definition) is 1. The van der Waals surface area contributed by atoms with Gasteiger partial charge in [-0.3, -0.25) is 0 Å². The molecule has 1 aromatic carbocycles. The molecule has 0 spiro atoms. The van der Waals surface area contributed by atoms with Gasteiger partial charge in [0.15, 0.2) is 0 Å². The van der Waals surface area contributed by atoms with E-state index in [1.165, 1.54) is 0 Å². The van der Waals surface area contributed by atoms with Gasteiger partial charge in [0.05, 0.1) is 6.04 Å². The Morgan fingerprint density at radius 3 is 2.39 bits per heavy atom. The number of rotatable bonds is 3. The van der Waals surface area contributed by atoms with E-state index in [1.807, 2.05) is 51.5 Å². The lowest BCUT2D eigenvalue weighted by Crippen LogP contribution is -2.20. The van der Waals surface area contributed by atoms with Crippen LogP contribution in [0.5, 0.6) is 0 Å². The van der Waals surface area contributed by atoms with Gasteiger partial charge in [-0.05, 0) is 43.7 Å². The molecule has 1 atom stereocenters. The van der Waals surface area contributed by atoms with Crippen molar-refractivity contribution in [2.45, 2.75) is 19.9 Å². The predicted molar refractivity (Wildman–Crippen MR) is 73.9 cm³/mol. The van der Waals surface area contributed by atoms with E-state index in [9.17, 15) is 0 Å². The van der Waals surface area contributed by atoms with Crippen LogP contribution in [0.3, 0.4) is 0 Å². The van der Waals surface area contributed by atoms with Crippen molar-refractivity contribution in [2.75, 3.05) is 7.05 Å². The standard InChI is InChI=1S/C14H16ClN3/c1-9-7-17-14(18-8-9)13(16-3)11-5-4-10(2)12(15)6-11/h4-8,13,16H,1-3H3. The molecule has 2 rings (SSSR count). The van der Waals surface area contributed by atoms with Crippen LogP contribution in [0.4, 0.5) is 0 Å². The van der Waals surface area contributed by atoms with Gasteiger partial charge in [-0.1, -0.05) is 23.7 Å². The Kier molecular flexibility index (Phi) is 3.94. The minimum Gasteiger partial charge on any atom is -0.307 e. The molecule has 0 radical (unpaired) electrons. The second kappa shape index (κ2) is 5.46. The first kappa shape index (κ1) is 13.0. The van der Waals surface area contributed by atoms with Gasteiger partial charge in [0.25, 0.3) is 0 Å². The molecular formula is C14H16ClN3. The fourth-order valence-corrected chi connectivity index (χ4v) is 1.97. The Labute approximate surface area is 112 Å². The van der Waals surface area contributed by atoms with Crippen LogP contribution in [0.1, 0.15) is 28.6 Å². The van der Waals surface area contributed by atoms with Crippen LogP contribution in [-0.4, -0.2) is 17.0 Å². The zero-order chi connectivity index (χ0) is 13.1. The number of hydrogen-bond acceptors (Lipinski definition) is 3. The second-order valence-corrected chi connectivity index (χ2v) is 4.76. The molecule has 0 fully saturated rings. The smallest absolute Gasteiger partial charge is 0.149 e. The van der Waals surface area contributed by atoms with E-state index in [0.29, 0.717) is 0 Å². The van der Waals surface area contributed by atoms with Crippen molar-refractivity contribution in [1.29, 1.82) is 0 Å². The highest BCUT2D eigenvalue weighted by molar-refractivity contribution is 6.31. The monoisotopic (exact) mass is 261 g/mol. The molecule has 4 heteroatoms. The summed E-state index contributed by atoms with van der Waals surface area (Å²) in [5.41, 5.74) is 3.19. The maximum absolute atomic E-state index is 6.16. The van der Waals surface area contributed by atoms with E-state index >= 15 is 0 Å². The quantitative estimate of drug-likeness (QED) is 0.923. The number of benzene rings is 1. The molecule has 0 aliphatic rings. The van der Waals surface area contributed by atoms with Crippen molar-refractivity contribution in [2.24, 2.45) is 0 Å². The van der Waals surface area contributed by atoms with Crippen LogP contribution in [0.25, 0.3) is 0 Å². The molecular weight excluding hydrogens is 246 g/mol. The zero-order valence-corrected chi connectivity index (χ0v) is 11.5. The van der Waals surface area contributed by atoms with Crippen molar-refractivity contribution in [3.63, 3.8) is 0 Å². The minimum absolute atomic E-state index is 0.0382. The van der Waals surface area contributed by atoms with Crippen molar-refractivity contribution in [3.05, 3.63) is 58.1 Å². The first-order valence-electron chi connectivity index (χ1n) is 5.83. The molecule has 0 amide bonds. The number of aromatic nitrogens is 2. The van der Waals surface area contributed by atoms with Gasteiger partial charge in [0, 0.05) is 17.4 Å². The predicted octanol–water partition coefficient (Wildman–Crippen LogP) is 3.06. The summed E-state index contributed by atoms with van der Waals surface area (Å²) in [4.78, 5) is 8.72. The molecule has 0 saturated heterocycles. The average molecular weight is 262 g/mol. The summed E-state index contributed by atoms with van der Waals surface area (Å²) in [5, 5.41) is 3.98. The SMILES string of the molecule is CNC(c1ccc(C)c(Cl)c1)c1ncc(C)cn1. The van der Waals surface area contributed by atoms with Crippen LogP contribution < -0.4 is 5.32 Å². The summed E-state index contributed by atoms with van der Waals surface area (Å²) in [6, 6.07) is 5.98. The fraction of sp³-hybridized carbons (Fsp3) is 0.286. The Morgan fingerprint density at radius 2 is 1.83 bits per heavy atom. The van der Waals surface area contributed by atoms with Crippen LogP contribution in [0.15, 0.2) is 30.6 Å². The summed E-state index contributed by atoms with van der Waals surface area (Å²) < 4.78 is 0. The summed E-state index contributed by atoms with van der Waals surface area (Å²) in [6.07, 6.45) is 3.64. The van der Waals surface area contributed by atoms with Gasteiger partial charge < -0.3 is 5.32 Å². The number of aryl methyl sites for hydroxylation is 2. The lowest BCUT2D eigenvalue weighted by atomic mass is 10.0. The van der Waals surface area contributed by atoms with Crippen molar-refractivity contribution in [1.82, 2.24) is 15.3 Å². The van der Waals surface area contributed by atoms with Gasteiger partial charge in [-0.15, -0.1) is 0 Å². The highest BCUT2D eigenvalue weighted by Crippen LogP contribution is 2.24. The van der Waals surface area contributed by atoms with Crippen LogP contribution in [-0.2, 0) is 0 Å². The highest BCUT2D eigenvalue weighted by Gasteiger charge is 2.15. The summed E-state index contributed by atoms with van der Waals surface area (Å²) in [7, 11) is 1.89. The molecule has 18 heavy (non-hydrogen) atoms. The maximum Gasteiger partial charge on any atom is 0.149 e. The Balaban J connectivity index is 2.38. The molecule has 1 unspecified atom stereocenters. The van der Waals surface area contributed by atoms with Gasteiger partial charge in [0.1, 0.15) is 5.82 Å². The summed E-state index contributed by atoms with van der Waals surface area (Å²) in [6.45, 7) is 3.96. The first-order valence-corrected chi connectivity index (χ1v) is 6.21. The lowest BCUT2D eigenvalue weighted by molar-refractivity contribution is 0.645. The first-order chi connectivity index (χ1) is 8.61. The number of halogens is 1. The summed E-state index contributed by atoms with van der Waals surface area (Å²) >= 11 is 6.16. The Morgan fingerprint density at radius 1 is 1.17 bits per heavy atom. The number of nitrogens with one attached hydrogen (secondary N) is 1. The van der Waals surface area contributed by atoms with Gasteiger partial charge in [-0.2, -0.15) is 0 Å². The molecule has 0 bridgehead atoms. The highest BCUT2D eigenvalue weighted by atomic mass is 35.5. The topological polar surface area (TPSA) is 37.8 Å². The molecule has 0 aliphatic heterocycles. The van der Waals surface area contributed by atoms with Gasteiger partial charge in [-0.25, -0.2) is 9.97 Å². The van der Waals surface area contributed by atoms with Crippen molar-refractivity contribution < 1.29 is 0 Å². The van der Waals surface area contributed by atoms with E-state index in [0.717, 1.165) is 27.5 Å². The van der Waals surface area contributed by atoms with Crippen molar-refractivity contribution >= 4 is 11.6 Å². The maximum atomic E-state index is 6.16. The van der Waals surface area contributed by atoms with Crippen molar-refractivity contribution in [3.8, 4) is 0 Å². The molecule has 2 aromatic rings. The second-order valence-electron chi connectivity index (χ2n) is 4.35. The molecule has 0 aliphatic carbocycles. The third-order valence-corrected chi connectivity index (χ3v) is 3.28. The zero-order valence-electron chi connectivity index (χ0n) is 10.7. The largest absolute Gasteiger partial charge is 0.307 e. The lowest BCUT2D eigenvalue weighted by Gasteiger charge is -2.16.